The number of halogens is 1. The van der Waals surface area contributed by atoms with Crippen molar-refractivity contribution in [2.24, 2.45) is 0 Å². The summed E-state index contributed by atoms with van der Waals surface area (Å²) in [6.07, 6.45) is 0.991. The van der Waals surface area contributed by atoms with E-state index in [4.69, 9.17) is 4.74 Å². The molecule has 0 aliphatic heterocycles. The smallest absolute Gasteiger partial charge is 0.244 e. The highest BCUT2D eigenvalue weighted by Crippen LogP contribution is 2.26. The van der Waals surface area contributed by atoms with Gasteiger partial charge in [-0.25, -0.2) is 12.8 Å². The molecule has 0 saturated carbocycles. The van der Waals surface area contributed by atoms with Gasteiger partial charge in [0.25, 0.3) is 0 Å². The van der Waals surface area contributed by atoms with E-state index in [0.717, 1.165) is 10.6 Å². The zero-order valence-electron chi connectivity index (χ0n) is 21.8. The fourth-order valence-corrected chi connectivity index (χ4v) is 4.57. The van der Waals surface area contributed by atoms with Crippen LogP contribution in [0.3, 0.4) is 0 Å². The van der Waals surface area contributed by atoms with E-state index in [2.05, 4.69) is 5.32 Å². The van der Waals surface area contributed by atoms with Gasteiger partial charge < -0.3 is 15.0 Å². The zero-order chi connectivity index (χ0) is 27.9. The summed E-state index contributed by atoms with van der Waals surface area (Å²) < 4.78 is 46.6. The Morgan fingerprint density at radius 3 is 2.05 bits per heavy atom. The summed E-state index contributed by atoms with van der Waals surface area (Å²) in [5.41, 5.74) is 0.449. The predicted molar refractivity (Wildman–Crippen MR) is 145 cm³/mol. The Hall–Kier alpha value is -3.92. The van der Waals surface area contributed by atoms with E-state index < -0.39 is 40.2 Å². The first-order valence-electron chi connectivity index (χ1n) is 12.1. The number of anilines is 1. The van der Waals surface area contributed by atoms with Gasteiger partial charge in [-0.05, 0) is 63.2 Å². The van der Waals surface area contributed by atoms with Crippen LogP contribution in [0.25, 0.3) is 0 Å². The minimum atomic E-state index is -3.89. The largest absolute Gasteiger partial charge is 0.457 e. The maximum absolute atomic E-state index is 14.4. The van der Waals surface area contributed by atoms with Crippen molar-refractivity contribution >= 4 is 27.5 Å². The van der Waals surface area contributed by atoms with E-state index in [1.165, 1.54) is 42.2 Å². The van der Waals surface area contributed by atoms with E-state index in [9.17, 15) is 22.4 Å². The van der Waals surface area contributed by atoms with Gasteiger partial charge >= 0.3 is 0 Å². The molecule has 1 unspecified atom stereocenters. The Bertz CT molecular complexity index is 1350. The molecule has 10 heteroatoms. The summed E-state index contributed by atoms with van der Waals surface area (Å²) in [6.45, 7) is 4.30. The fraction of sp³-hybridized carbons (Fsp3) is 0.286. The Balaban J connectivity index is 1.87. The summed E-state index contributed by atoms with van der Waals surface area (Å²) in [6, 6.07) is 20.1. The lowest BCUT2D eigenvalue weighted by Crippen LogP contribution is -2.52. The SMILES string of the molecule is CC(C)NC(=O)C(C)N(Cc1ccccc1F)C(=O)CN(c1ccc(Oc2ccccc2)cc1)S(C)(=O)=O. The molecule has 3 aromatic carbocycles. The number of benzene rings is 3. The highest BCUT2D eigenvalue weighted by atomic mass is 32.2. The average Bonchev–Trinajstić information content (AvgIpc) is 2.86. The Kier molecular flexibility index (Phi) is 9.46. The molecule has 0 heterocycles. The molecule has 8 nitrogen and oxygen atoms in total. The van der Waals surface area contributed by atoms with E-state index in [-0.39, 0.29) is 23.8 Å². The van der Waals surface area contributed by atoms with Gasteiger partial charge in [0.15, 0.2) is 0 Å². The van der Waals surface area contributed by atoms with E-state index >= 15 is 0 Å². The van der Waals surface area contributed by atoms with Crippen molar-refractivity contribution in [2.75, 3.05) is 17.1 Å². The van der Waals surface area contributed by atoms with Gasteiger partial charge in [-0.2, -0.15) is 0 Å². The predicted octanol–water partition coefficient (Wildman–Crippen LogP) is 4.33. The Labute approximate surface area is 223 Å². The van der Waals surface area contributed by atoms with Gasteiger partial charge in [-0.3, -0.25) is 13.9 Å². The third-order valence-electron chi connectivity index (χ3n) is 5.68. The van der Waals surface area contributed by atoms with Gasteiger partial charge in [0.1, 0.15) is 29.9 Å². The molecule has 0 saturated heterocycles. The van der Waals surface area contributed by atoms with E-state index in [1.807, 2.05) is 18.2 Å². The molecule has 0 spiro atoms. The second kappa shape index (κ2) is 12.6. The van der Waals surface area contributed by atoms with Crippen LogP contribution in [-0.4, -0.2) is 50.0 Å². The summed E-state index contributed by atoms with van der Waals surface area (Å²) in [4.78, 5) is 27.5. The number of amides is 2. The standard InChI is InChI=1S/C28H32FN3O5S/c1-20(2)30-28(34)21(3)31(18-22-10-8-9-13-26(22)29)27(33)19-32(38(4,35)36)23-14-16-25(17-15-23)37-24-11-6-5-7-12-24/h5-17,20-21H,18-19H2,1-4H3,(H,30,34). The van der Waals surface area contributed by atoms with Crippen LogP contribution in [0.1, 0.15) is 26.3 Å². The Morgan fingerprint density at radius 2 is 1.47 bits per heavy atom. The van der Waals surface area contributed by atoms with Gasteiger partial charge in [-0.1, -0.05) is 36.4 Å². The first kappa shape index (κ1) is 28.6. The number of nitrogens with one attached hydrogen (secondary N) is 1. The van der Waals surface area contributed by atoms with Crippen molar-refractivity contribution in [3.8, 4) is 11.5 Å². The van der Waals surface area contributed by atoms with Crippen LogP contribution in [0.15, 0.2) is 78.9 Å². The minimum Gasteiger partial charge on any atom is -0.457 e. The average molecular weight is 542 g/mol. The lowest BCUT2D eigenvalue weighted by Gasteiger charge is -2.32. The van der Waals surface area contributed by atoms with Crippen molar-refractivity contribution in [1.29, 1.82) is 0 Å². The van der Waals surface area contributed by atoms with Gasteiger partial charge in [-0.15, -0.1) is 0 Å². The highest BCUT2D eigenvalue weighted by Gasteiger charge is 2.30. The second-order valence-electron chi connectivity index (χ2n) is 9.13. The molecule has 0 aromatic heterocycles. The van der Waals surface area contributed by atoms with E-state index in [1.54, 1.807) is 44.2 Å². The monoisotopic (exact) mass is 541 g/mol. The van der Waals surface area contributed by atoms with E-state index in [0.29, 0.717) is 11.5 Å². The molecule has 0 aliphatic rings. The van der Waals surface area contributed by atoms with Crippen molar-refractivity contribution in [3.05, 3.63) is 90.2 Å². The van der Waals surface area contributed by atoms with Gasteiger partial charge in [0.2, 0.25) is 21.8 Å². The molecule has 1 N–H and O–H groups in total. The molecular formula is C28H32FN3O5S. The van der Waals surface area contributed by atoms with Crippen LogP contribution >= 0.6 is 0 Å². The third kappa shape index (κ3) is 7.79. The maximum Gasteiger partial charge on any atom is 0.244 e. The molecule has 0 fully saturated rings. The second-order valence-corrected chi connectivity index (χ2v) is 11.0. The number of nitrogens with zero attached hydrogens (tertiary/aromatic N) is 2. The molecule has 38 heavy (non-hydrogen) atoms. The molecule has 202 valence electrons. The van der Waals surface area contributed by atoms with Crippen molar-refractivity contribution < 1.29 is 27.1 Å². The summed E-state index contributed by atoms with van der Waals surface area (Å²) in [5.74, 6) is -0.517. The normalized spacial score (nSPS) is 12.1. The Morgan fingerprint density at radius 1 is 0.895 bits per heavy atom. The van der Waals surface area contributed by atoms with Crippen molar-refractivity contribution in [2.45, 2.75) is 39.4 Å². The third-order valence-corrected chi connectivity index (χ3v) is 6.82. The molecule has 3 rings (SSSR count). The molecule has 2 amide bonds. The zero-order valence-corrected chi connectivity index (χ0v) is 22.6. The number of rotatable bonds is 11. The number of ether oxygens (including phenoxy) is 1. The number of hydrogen-bond donors (Lipinski definition) is 1. The topological polar surface area (TPSA) is 96.0 Å². The number of carbonyl (C=O) groups excluding carboxylic acids is 2. The van der Waals surface area contributed by atoms with Crippen molar-refractivity contribution in [1.82, 2.24) is 10.2 Å². The summed E-state index contributed by atoms with van der Waals surface area (Å²) >= 11 is 0. The maximum atomic E-state index is 14.4. The number of hydrogen-bond acceptors (Lipinski definition) is 5. The van der Waals surface area contributed by atoms with Crippen molar-refractivity contribution in [3.63, 3.8) is 0 Å². The van der Waals surface area contributed by atoms with Crippen LogP contribution in [-0.2, 0) is 26.2 Å². The first-order chi connectivity index (χ1) is 18.0. The number of para-hydroxylation sites is 1. The molecule has 0 bridgehead atoms. The molecular weight excluding hydrogens is 509 g/mol. The fourth-order valence-electron chi connectivity index (χ4n) is 3.72. The van der Waals surface area contributed by atoms with Gasteiger partial charge in [0.05, 0.1) is 11.9 Å². The van der Waals surface area contributed by atoms with Crippen LogP contribution in [0.4, 0.5) is 10.1 Å². The summed E-state index contributed by atoms with van der Waals surface area (Å²) in [7, 11) is -3.89. The number of carbonyl (C=O) groups is 2. The summed E-state index contributed by atoms with van der Waals surface area (Å²) in [5, 5.41) is 2.75. The minimum absolute atomic E-state index is 0.181. The lowest BCUT2D eigenvalue weighted by molar-refractivity contribution is -0.139. The van der Waals surface area contributed by atoms with Crippen LogP contribution in [0, 0.1) is 5.82 Å². The first-order valence-corrected chi connectivity index (χ1v) is 13.9. The van der Waals surface area contributed by atoms with Gasteiger partial charge in [0, 0.05) is 18.2 Å². The molecule has 0 aliphatic carbocycles. The number of sulfonamides is 1. The molecule has 3 aromatic rings. The molecule has 0 radical (unpaired) electrons. The highest BCUT2D eigenvalue weighted by molar-refractivity contribution is 7.92. The van der Waals surface area contributed by atoms with Crippen LogP contribution < -0.4 is 14.4 Å². The molecule has 1 atom stereocenters. The lowest BCUT2D eigenvalue weighted by atomic mass is 10.1. The quantitative estimate of drug-likeness (QED) is 0.390. The van der Waals surface area contributed by atoms with Crippen LogP contribution in [0.5, 0.6) is 11.5 Å². The van der Waals surface area contributed by atoms with Crippen LogP contribution in [0.2, 0.25) is 0 Å².